The lowest BCUT2D eigenvalue weighted by Crippen LogP contribution is -2.05. The van der Waals surface area contributed by atoms with Crippen LogP contribution in [0.15, 0.2) is 22.7 Å². The van der Waals surface area contributed by atoms with Gasteiger partial charge in [0.1, 0.15) is 0 Å². The standard InChI is InChI=1S/C10H7BrN2O3/c1-16-9-6-4-5(11)2-3-7(6)12-8(13-9)10(14)15/h2-4H,1H3,(H,14,15). The predicted molar refractivity (Wildman–Crippen MR) is 60.7 cm³/mol. The van der Waals surface area contributed by atoms with Gasteiger partial charge in [0, 0.05) is 4.47 Å². The molecular formula is C10H7BrN2O3. The Labute approximate surface area is 99.2 Å². The van der Waals surface area contributed by atoms with Gasteiger partial charge in [0.2, 0.25) is 11.7 Å². The number of ether oxygens (including phenoxy) is 1. The van der Waals surface area contributed by atoms with Gasteiger partial charge in [0.15, 0.2) is 0 Å². The zero-order chi connectivity index (χ0) is 11.7. The van der Waals surface area contributed by atoms with Crippen molar-refractivity contribution in [3.05, 3.63) is 28.5 Å². The maximum absolute atomic E-state index is 10.8. The van der Waals surface area contributed by atoms with Crippen LogP contribution in [0.4, 0.5) is 0 Å². The molecule has 0 atom stereocenters. The van der Waals surface area contributed by atoms with Crippen LogP contribution in [-0.2, 0) is 0 Å². The third-order valence-electron chi connectivity index (χ3n) is 2.01. The number of carboxylic acid groups (broad SMARTS) is 1. The van der Waals surface area contributed by atoms with Gasteiger partial charge < -0.3 is 9.84 Å². The Morgan fingerprint density at radius 3 is 2.81 bits per heavy atom. The summed E-state index contributed by atoms with van der Waals surface area (Å²) in [7, 11) is 1.44. The summed E-state index contributed by atoms with van der Waals surface area (Å²) in [5, 5.41) is 9.50. The van der Waals surface area contributed by atoms with Crippen molar-refractivity contribution < 1.29 is 14.6 Å². The van der Waals surface area contributed by atoms with E-state index in [0.29, 0.717) is 10.9 Å². The first-order valence-corrected chi connectivity index (χ1v) is 5.15. The molecule has 6 heteroatoms. The van der Waals surface area contributed by atoms with Crippen molar-refractivity contribution in [2.45, 2.75) is 0 Å². The molecule has 0 unspecified atom stereocenters. The molecule has 0 aliphatic rings. The minimum atomic E-state index is -1.18. The van der Waals surface area contributed by atoms with Crippen LogP contribution in [0.3, 0.4) is 0 Å². The molecule has 0 saturated carbocycles. The van der Waals surface area contributed by atoms with Crippen molar-refractivity contribution in [3.8, 4) is 5.88 Å². The van der Waals surface area contributed by atoms with Gasteiger partial charge in [-0.15, -0.1) is 0 Å². The largest absolute Gasteiger partial charge is 0.480 e. The average molecular weight is 283 g/mol. The molecule has 2 rings (SSSR count). The molecule has 0 aliphatic carbocycles. The number of aromatic carboxylic acids is 1. The zero-order valence-electron chi connectivity index (χ0n) is 8.27. The SMILES string of the molecule is COc1nc(C(=O)O)nc2ccc(Br)cc12. The first kappa shape index (κ1) is 10.8. The van der Waals surface area contributed by atoms with Crippen LogP contribution in [0.1, 0.15) is 10.6 Å². The fourth-order valence-corrected chi connectivity index (χ4v) is 1.68. The summed E-state index contributed by atoms with van der Waals surface area (Å²) in [6.07, 6.45) is 0. The number of aromatic nitrogens is 2. The van der Waals surface area contributed by atoms with E-state index in [-0.39, 0.29) is 11.7 Å². The van der Waals surface area contributed by atoms with Crippen molar-refractivity contribution in [2.75, 3.05) is 7.11 Å². The predicted octanol–water partition coefficient (Wildman–Crippen LogP) is 2.10. The molecule has 2 aromatic rings. The third-order valence-corrected chi connectivity index (χ3v) is 2.50. The van der Waals surface area contributed by atoms with E-state index in [1.165, 1.54) is 7.11 Å². The molecule has 82 valence electrons. The van der Waals surface area contributed by atoms with Gasteiger partial charge in [-0.25, -0.2) is 9.78 Å². The van der Waals surface area contributed by atoms with E-state index in [1.54, 1.807) is 18.2 Å². The molecule has 16 heavy (non-hydrogen) atoms. The Bertz CT molecular complexity index is 571. The molecular weight excluding hydrogens is 276 g/mol. The number of carbonyl (C=O) groups is 1. The van der Waals surface area contributed by atoms with E-state index in [9.17, 15) is 4.79 Å². The fourth-order valence-electron chi connectivity index (χ4n) is 1.32. The Morgan fingerprint density at radius 2 is 2.19 bits per heavy atom. The number of hydrogen-bond donors (Lipinski definition) is 1. The average Bonchev–Trinajstić information content (AvgIpc) is 2.27. The topological polar surface area (TPSA) is 72.3 Å². The number of halogens is 1. The summed E-state index contributed by atoms with van der Waals surface area (Å²) in [4.78, 5) is 18.5. The zero-order valence-corrected chi connectivity index (χ0v) is 9.85. The molecule has 0 saturated heterocycles. The summed E-state index contributed by atoms with van der Waals surface area (Å²) < 4.78 is 5.89. The van der Waals surface area contributed by atoms with Gasteiger partial charge in [0.25, 0.3) is 0 Å². The molecule has 1 aromatic heterocycles. The van der Waals surface area contributed by atoms with Crippen LogP contribution in [0.5, 0.6) is 5.88 Å². The molecule has 1 aromatic carbocycles. The quantitative estimate of drug-likeness (QED) is 0.913. The molecule has 0 bridgehead atoms. The monoisotopic (exact) mass is 282 g/mol. The maximum atomic E-state index is 10.8. The summed E-state index contributed by atoms with van der Waals surface area (Å²) in [5.74, 6) is -1.20. The van der Waals surface area contributed by atoms with Gasteiger partial charge in [-0.1, -0.05) is 15.9 Å². The van der Waals surface area contributed by atoms with Crippen molar-refractivity contribution in [3.63, 3.8) is 0 Å². The van der Waals surface area contributed by atoms with Crippen molar-refractivity contribution in [2.24, 2.45) is 0 Å². The van der Waals surface area contributed by atoms with Crippen molar-refractivity contribution in [1.82, 2.24) is 9.97 Å². The van der Waals surface area contributed by atoms with Gasteiger partial charge in [-0.2, -0.15) is 4.98 Å². The molecule has 5 nitrogen and oxygen atoms in total. The second kappa shape index (κ2) is 4.05. The van der Waals surface area contributed by atoms with Crippen LogP contribution < -0.4 is 4.74 Å². The lowest BCUT2D eigenvalue weighted by Gasteiger charge is -2.05. The summed E-state index contributed by atoms with van der Waals surface area (Å²) >= 11 is 3.32. The summed E-state index contributed by atoms with van der Waals surface area (Å²) in [6.45, 7) is 0. The molecule has 0 spiro atoms. The van der Waals surface area contributed by atoms with Crippen LogP contribution in [-0.4, -0.2) is 28.2 Å². The van der Waals surface area contributed by atoms with Crippen LogP contribution >= 0.6 is 15.9 Å². The third kappa shape index (κ3) is 1.83. The van der Waals surface area contributed by atoms with Crippen LogP contribution in [0.2, 0.25) is 0 Å². The highest BCUT2D eigenvalue weighted by molar-refractivity contribution is 9.10. The fraction of sp³-hybridized carbons (Fsp3) is 0.100. The highest BCUT2D eigenvalue weighted by Crippen LogP contribution is 2.25. The first-order chi connectivity index (χ1) is 7.61. The molecule has 0 amide bonds. The highest BCUT2D eigenvalue weighted by Gasteiger charge is 2.13. The number of nitrogens with zero attached hydrogens (tertiary/aromatic N) is 2. The Balaban J connectivity index is 2.78. The van der Waals surface area contributed by atoms with Gasteiger partial charge in [-0.05, 0) is 18.2 Å². The molecule has 1 heterocycles. The van der Waals surface area contributed by atoms with E-state index in [4.69, 9.17) is 9.84 Å². The Hall–Kier alpha value is -1.69. The van der Waals surface area contributed by atoms with E-state index in [2.05, 4.69) is 25.9 Å². The van der Waals surface area contributed by atoms with E-state index in [0.717, 1.165) is 4.47 Å². The number of hydrogen-bond acceptors (Lipinski definition) is 4. The number of methoxy groups -OCH3 is 1. The first-order valence-electron chi connectivity index (χ1n) is 4.36. The highest BCUT2D eigenvalue weighted by atomic mass is 79.9. The number of fused-ring (bicyclic) bond motifs is 1. The van der Waals surface area contributed by atoms with Gasteiger partial charge in [0.05, 0.1) is 18.0 Å². The van der Waals surface area contributed by atoms with Crippen LogP contribution in [0.25, 0.3) is 10.9 Å². The number of benzene rings is 1. The smallest absolute Gasteiger partial charge is 0.374 e. The van der Waals surface area contributed by atoms with Crippen molar-refractivity contribution >= 4 is 32.8 Å². The minimum Gasteiger partial charge on any atom is -0.480 e. The summed E-state index contributed by atoms with van der Waals surface area (Å²) in [5.41, 5.74) is 0.535. The second-order valence-electron chi connectivity index (χ2n) is 3.02. The minimum absolute atomic E-state index is 0.253. The van der Waals surface area contributed by atoms with E-state index in [1.807, 2.05) is 0 Å². The summed E-state index contributed by atoms with van der Waals surface area (Å²) in [6, 6.07) is 5.26. The molecule has 1 N–H and O–H groups in total. The van der Waals surface area contributed by atoms with Crippen molar-refractivity contribution in [1.29, 1.82) is 0 Å². The Kier molecular flexibility index (Phi) is 2.74. The normalized spacial score (nSPS) is 10.4. The second-order valence-corrected chi connectivity index (χ2v) is 3.94. The lowest BCUT2D eigenvalue weighted by atomic mass is 10.2. The molecule has 0 aliphatic heterocycles. The molecule has 0 radical (unpaired) electrons. The van der Waals surface area contributed by atoms with E-state index < -0.39 is 5.97 Å². The number of rotatable bonds is 2. The molecule has 0 fully saturated rings. The van der Waals surface area contributed by atoms with Gasteiger partial charge in [-0.3, -0.25) is 0 Å². The van der Waals surface area contributed by atoms with Crippen LogP contribution in [0, 0.1) is 0 Å². The lowest BCUT2D eigenvalue weighted by molar-refractivity contribution is 0.0683. The van der Waals surface area contributed by atoms with E-state index >= 15 is 0 Å². The Morgan fingerprint density at radius 1 is 1.44 bits per heavy atom. The maximum Gasteiger partial charge on any atom is 0.374 e. The number of carboxylic acids is 1. The van der Waals surface area contributed by atoms with Gasteiger partial charge >= 0.3 is 5.97 Å².